The largest absolute Gasteiger partial charge is 0.513 e. The molecule has 1 saturated heterocycles. The number of piperazine rings is 1. The van der Waals surface area contributed by atoms with Gasteiger partial charge in [0.25, 0.3) is 0 Å². The van der Waals surface area contributed by atoms with E-state index in [4.69, 9.17) is 4.74 Å². The second kappa shape index (κ2) is 8.19. The standard InChI is InChI=1S/C16H21N3O5/c1-3-23-16(22)24-14-6-4-13(5-7-14)17-15(21)19-10-8-18(9-11-19)12(2)20/h4-7H,3,8-11H2,1-2H3,(H,17,21). The van der Waals surface area contributed by atoms with Gasteiger partial charge in [-0.25, -0.2) is 9.59 Å². The van der Waals surface area contributed by atoms with Gasteiger partial charge in [0, 0.05) is 38.8 Å². The molecular formula is C16H21N3O5. The van der Waals surface area contributed by atoms with Crippen LogP contribution in [-0.4, -0.2) is 60.7 Å². The van der Waals surface area contributed by atoms with Gasteiger partial charge in [-0.3, -0.25) is 4.79 Å². The van der Waals surface area contributed by atoms with E-state index in [0.717, 1.165) is 0 Å². The Labute approximate surface area is 140 Å². The molecule has 0 spiro atoms. The first kappa shape index (κ1) is 17.6. The van der Waals surface area contributed by atoms with Crippen LogP contribution in [0.15, 0.2) is 24.3 Å². The quantitative estimate of drug-likeness (QED) is 0.673. The summed E-state index contributed by atoms with van der Waals surface area (Å²) >= 11 is 0. The summed E-state index contributed by atoms with van der Waals surface area (Å²) in [5.41, 5.74) is 0.588. The molecule has 0 bridgehead atoms. The van der Waals surface area contributed by atoms with Crippen molar-refractivity contribution in [1.82, 2.24) is 9.80 Å². The molecule has 0 unspecified atom stereocenters. The lowest BCUT2D eigenvalue weighted by atomic mass is 10.3. The van der Waals surface area contributed by atoms with Gasteiger partial charge in [0.2, 0.25) is 5.91 Å². The van der Waals surface area contributed by atoms with Crippen molar-refractivity contribution in [2.24, 2.45) is 0 Å². The van der Waals surface area contributed by atoms with Gasteiger partial charge in [0.1, 0.15) is 5.75 Å². The fraction of sp³-hybridized carbons (Fsp3) is 0.438. The van der Waals surface area contributed by atoms with Crippen molar-refractivity contribution >= 4 is 23.8 Å². The minimum Gasteiger partial charge on any atom is -0.434 e. The van der Waals surface area contributed by atoms with E-state index in [2.05, 4.69) is 10.1 Å². The first-order chi connectivity index (χ1) is 11.5. The Balaban J connectivity index is 1.84. The molecule has 1 aromatic rings. The van der Waals surface area contributed by atoms with Gasteiger partial charge >= 0.3 is 12.2 Å². The minimum absolute atomic E-state index is 0.0206. The number of hydrogen-bond donors (Lipinski definition) is 1. The average Bonchev–Trinajstić information content (AvgIpc) is 2.57. The summed E-state index contributed by atoms with van der Waals surface area (Å²) in [7, 11) is 0. The zero-order chi connectivity index (χ0) is 17.5. The fourth-order valence-corrected chi connectivity index (χ4v) is 2.28. The predicted molar refractivity (Wildman–Crippen MR) is 86.9 cm³/mol. The number of carbonyl (C=O) groups excluding carboxylic acids is 3. The molecule has 8 nitrogen and oxygen atoms in total. The van der Waals surface area contributed by atoms with Crippen molar-refractivity contribution in [3.05, 3.63) is 24.3 Å². The van der Waals surface area contributed by atoms with Crippen LogP contribution in [0.25, 0.3) is 0 Å². The molecule has 3 amide bonds. The third kappa shape index (κ3) is 4.87. The summed E-state index contributed by atoms with van der Waals surface area (Å²) in [4.78, 5) is 38.1. The van der Waals surface area contributed by atoms with Crippen LogP contribution < -0.4 is 10.1 Å². The molecule has 1 aromatic carbocycles. The van der Waals surface area contributed by atoms with Crippen molar-refractivity contribution in [2.75, 3.05) is 38.1 Å². The van der Waals surface area contributed by atoms with E-state index in [-0.39, 0.29) is 18.5 Å². The molecule has 2 rings (SSSR count). The van der Waals surface area contributed by atoms with Crippen molar-refractivity contribution in [3.8, 4) is 5.75 Å². The zero-order valence-corrected chi connectivity index (χ0v) is 13.8. The van der Waals surface area contributed by atoms with Gasteiger partial charge in [-0.2, -0.15) is 0 Å². The Morgan fingerprint density at radius 3 is 2.17 bits per heavy atom. The second-order valence-corrected chi connectivity index (χ2v) is 5.23. The molecule has 1 aliphatic heterocycles. The molecule has 0 aliphatic carbocycles. The van der Waals surface area contributed by atoms with Crippen LogP contribution in [0.2, 0.25) is 0 Å². The zero-order valence-electron chi connectivity index (χ0n) is 13.8. The number of hydrogen-bond acceptors (Lipinski definition) is 5. The lowest BCUT2D eigenvalue weighted by molar-refractivity contribution is -0.130. The molecule has 24 heavy (non-hydrogen) atoms. The van der Waals surface area contributed by atoms with E-state index < -0.39 is 6.16 Å². The third-order valence-electron chi connectivity index (χ3n) is 3.58. The Hall–Kier alpha value is -2.77. The van der Waals surface area contributed by atoms with Crippen molar-refractivity contribution in [2.45, 2.75) is 13.8 Å². The molecule has 8 heteroatoms. The fourth-order valence-electron chi connectivity index (χ4n) is 2.28. The molecule has 1 heterocycles. The monoisotopic (exact) mass is 335 g/mol. The van der Waals surface area contributed by atoms with Crippen molar-refractivity contribution in [3.63, 3.8) is 0 Å². The molecule has 1 fully saturated rings. The highest BCUT2D eigenvalue weighted by atomic mass is 16.7. The molecule has 1 aliphatic rings. The van der Waals surface area contributed by atoms with E-state index in [1.807, 2.05) is 0 Å². The van der Waals surface area contributed by atoms with E-state index in [0.29, 0.717) is 37.6 Å². The topological polar surface area (TPSA) is 88.2 Å². The van der Waals surface area contributed by atoms with Crippen LogP contribution in [0, 0.1) is 0 Å². The predicted octanol–water partition coefficient (Wildman–Crippen LogP) is 1.92. The van der Waals surface area contributed by atoms with Crippen LogP contribution in [0.4, 0.5) is 15.3 Å². The number of nitrogens with one attached hydrogen (secondary N) is 1. The Kier molecular flexibility index (Phi) is 6.00. The Bertz CT molecular complexity index is 594. The molecule has 0 atom stereocenters. The summed E-state index contributed by atoms with van der Waals surface area (Å²) in [6.45, 7) is 5.52. The summed E-state index contributed by atoms with van der Waals surface area (Å²) in [6.07, 6.45) is -0.766. The number of carbonyl (C=O) groups is 3. The van der Waals surface area contributed by atoms with Crippen LogP contribution in [0.3, 0.4) is 0 Å². The minimum atomic E-state index is -0.766. The van der Waals surface area contributed by atoms with Gasteiger partial charge in [0.15, 0.2) is 0 Å². The summed E-state index contributed by atoms with van der Waals surface area (Å²) < 4.78 is 9.62. The van der Waals surface area contributed by atoms with Crippen molar-refractivity contribution < 1.29 is 23.9 Å². The maximum atomic E-state index is 12.2. The van der Waals surface area contributed by atoms with E-state index in [1.165, 1.54) is 6.92 Å². The first-order valence-corrected chi connectivity index (χ1v) is 7.75. The number of amides is 3. The number of ether oxygens (including phenoxy) is 2. The summed E-state index contributed by atoms with van der Waals surface area (Å²) in [5.74, 6) is 0.355. The number of urea groups is 1. The summed E-state index contributed by atoms with van der Waals surface area (Å²) in [5, 5.41) is 2.77. The van der Waals surface area contributed by atoms with Crippen LogP contribution in [-0.2, 0) is 9.53 Å². The molecule has 130 valence electrons. The normalized spacial score (nSPS) is 14.1. The highest BCUT2D eigenvalue weighted by Gasteiger charge is 2.22. The highest BCUT2D eigenvalue weighted by Crippen LogP contribution is 2.17. The van der Waals surface area contributed by atoms with Crippen LogP contribution >= 0.6 is 0 Å². The maximum absolute atomic E-state index is 12.2. The van der Waals surface area contributed by atoms with Gasteiger partial charge in [-0.1, -0.05) is 0 Å². The first-order valence-electron chi connectivity index (χ1n) is 7.75. The number of anilines is 1. The third-order valence-corrected chi connectivity index (χ3v) is 3.58. The molecule has 0 saturated carbocycles. The Morgan fingerprint density at radius 1 is 1.04 bits per heavy atom. The van der Waals surface area contributed by atoms with E-state index >= 15 is 0 Å². The molecule has 0 aromatic heterocycles. The highest BCUT2D eigenvalue weighted by molar-refractivity contribution is 5.89. The molecular weight excluding hydrogens is 314 g/mol. The smallest absolute Gasteiger partial charge is 0.434 e. The van der Waals surface area contributed by atoms with Gasteiger partial charge in [-0.05, 0) is 31.2 Å². The van der Waals surface area contributed by atoms with Crippen molar-refractivity contribution in [1.29, 1.82) is 0 Å². The maximum Gasteiger partial charge on any atom is 0.513 e. The summed E-state index contributed by atoms with van der Waals surface area (Å²) in [6, 6.07) is 6.19. The van der Waals surface area contributed by atoms with Crippen LogP contribution in [0.1, 0.15) is 13.8 Å². The lowest BCUT2D eigenvalue weighted by Crippen LogP contribution is -2.51. The SMILES string of the molecule is CCOC(=O)Oc1ccc(NC(=O)N2CCN(C(C)=O)CC2)cc1. The average molecular weight is 335 g/mol. The van der Waals surface area contributed by atoms with E-state index in [9.17, 15) is 14.4 Å². The van der Waals surface area contributed by atoms with Gasteiger partial charge < -0.3 is 24.6 Å². The Morgan fingerprint density at radius 2 is 1.62 bits per heavy atom. The number of benzene rings is 1. The molecule has 0 radical (unpaired) electrons. The van der Waals surface area contributed by atoms with Gasteiger partial charge in [-0.15, -0.1) is 0 Å². The number of rotatable bonds is 3. The van der Waals surface area contributed by atoms with Crippen LogP contribution in [0.5, 0.6) is 5.75 Å². The number of nitrogens with zero attached hydrogens (tertiary/aromatic N) is 2. The molecule has 1 N–H and O–H groups in total. The lowest BCUT2D eigenvalue weighted by Gasteiger charge is -2.34. The van der Waals surface area contributed by atoms with E-state index in [1.54, 1.807) is 41.0 Å². The second-order valence-electron chi connectivity index (χ2n) is 5.23. The van der Waals surface area contributed by atoms with Gasteiger partial charge in [0.05, 0.1) is 6.61 Å².